The van der Waals surface area contributed by atoms with E-state index in [1.165, 1.54) is 37.7 Å². The Bertz CT molecular complexity index is 144. The van der Waals surface area contributed by atoms with Crippen LogP contribution in [0.3, 0.4) is 0 Å². The van der Waals surface area contributed by atoms with Gasteiger partial charge in [-0.25, -0.2) is 0 Å². The summed E-state index contributed by atoms with van der Waals surface area (Å²) in [6, 6.07) is 0. The molecule has 0 atom stereocenters. The summed E-state index contributed by atoms with van der Waals surface area (Å²) in [5.74, 6) is 0. The van der Waals surface area contributed by atoms with Gasteiger partial charge in [0.25, 0.3) is 0 Å². The lowest BCUT2D eigenvalue weighted by molar-refractivity contribution is 0.600. The number of hydrogen-bond donors (Lipinski definition) is 1. The summed E-state index contributed by atoms with van der Waals surface area (Å²) in [6.45, 7) is 0.628. The molecule has 0 aromatic heterocycles. The van der Waals surface area contributed by atoms with Gasteiger partial charge in [-0.15, -0.1) is 5.73 Å². The van der Waals surface area contributed by atoms with Crippen molar-refractivity contribution in [1.82, 2.24) is 0 Å². The second-order valence-corrected chi connectivity index (χ2v) is 2.75. The van der Waals surface area contributed by atoms with Crippen molar-refractivity contribution in [2.24, 2.45) is 5.73 Å². The van der Waals surface area contributed by atoms with Gasteiger partial charge in [-0.2, -0.15) is 0 Å². The van der Waals surface area contributed by atoms with Gasteiger partial charge in [0.05, 0.1) is 0 Å². The van der Waals surface area contributed by atoms with E-state index in [2.05, 4.69) is 5.73 Å². The highest BCUT2D eigenvalue weighted by molar-refractivity contribution is 5.03. The van der Waals surface area contributed by atoms with Gasteiger partial charge in [0.1, 0.15) is 0 Å². The van der Waals surface area contributed by atoms with Crippen LogP contribution in [0.1, 0.15) is 32.1 Å². The van der Waals surface area contributed by atoms with Crippen LogP contribution in [0.4, 0.5) is 0 Å². The molecule has 0 aromatic rings. The van der Waals surface area contributed by atoms with Crippen LogP contribution in [0, 0.1) is 0 Å². The second kappa shape index (κ2) is 4.32. The Morgan fingerprint density at radius 3 is 2.60 bits per heavy atom. The summed E-state index contributed by atoms with van der Waals surface area (Å²) >= 11 is 0. The number of rotatable bonds is 1. The molecule has 0 spiro atoms. The Morgan fingerprint density at radius 1 is 1.30 bits per heavy atom. The van der Waals surface area contributed by atoms with Gasteiger partial charge in [0.2, 0.25) is 0 Å². The molecular formula is C9H15N. The van der Waals surface area contributed by atoms with E-state index in [1.807, 2.05) is 6.08 Å². The maximum atomic E-state index is 5.31. The summed E-state index contributed by atoms with van der Waals surface area (Å²) < 4.78 is 0. The van der Waals surface area contributed by atoms with Crippen LogP contribution in [0.5, 0.6) is 0 Å². The largest absolute Gasteiger partial charge is 0.326 e. The molecule has 1 aliphatic carbocycles. The highest BCUT2D eigenvalue weighted by atomic mass is 14.5. The first-order valence-electron chi connectivity index (χ1n) is 4.06. The van der Waals surface area contributed by atoms with E-state index in [1.54, 1.807) is 0 Å². The fraction of sp³-hybridized carbons (Fsp3) is 0.667. The Labute approximate surface area is 62.6 Å². The zero-order valence-electron chi connectivity index (χ0n) is 6.40. The van der Waals surface area contributed by atoms with E-state index < -0.39 is 0 Å². The molecule has 0 unspecified atom stereocenters. The first-order valence-corrected chi connectivity index (χ1v) is 4.06. The van der Waals surface area contributed by atoms with E-state index in [0.29, 0.717) is 6.54 Å². The first kappa shape index (κ1) is 7.59. The molecule has 2 N–H and O–H groups in total. The lowest BCUT2D eigenvalue weighted by Gasteiger charge is -2.10. The standard InChI is InChI=1S/C9H15N/c10-8-4-7-9-5-2-1-3-6-9/h4H,1-3,5-6,8,10H2. The third kappa shape index (κ3) is 2.38. The lowest BCUT2D eigenvalue weighted by atomic mass is 9.96. The molecule has 0 radical (unpaired) electrons. The van der Waals surface area contributed by atoms with Crippen molar-refractivity contribution in [2.45, 2.75) is 32.1 Å². The van der Waals surface area contributed by atoms with Gasteiger partial charge in [-0.3, -0.25) is 0 Å². The van der Waals surface area contributed by atoms with Gasteiger partial charge in [-0.1, -0.05) is 6.42 Å². The molecule has 0 aliphatic heterocycles. The minimum Gasteiger partial charge on any atom is -0.326 e. The van der Waals surface area contributed by atoms with E-state index >= 15 is 0 Å². The van der Waals surface area contributed by atoms with Crippen molar-refractivity contribution in [3.05, 3.63) is 17.4 Å². The van der Waals surface area contributed by atoms with Gasteiger partial charge in [0.15, 0.2) is 0 Å². The summed E-state index contributed by atoms with van der Waals surface area (Å²) in [4.78, 5) is 0. The second-order valence-electron chi connectivity index (χ2n) is 2.75. The molecule has 10 heavy (non-hydrogen) atoms. The zero-order chi connectivity index (χ0) is 7.23. The molecular weight excluding hydrogens is 122 g/mol. The van der Waals surface area contributed by atoms with Gasteiger partial charge >= 0.3 is 0 Å². The maximum absolute atomic E-state index is 5.31. The van der Waals surface area contributed by atoms with Crippen LogP contribution < -0.4 is 5.73 Å². The molecule has 0 heterocycles. The van der Waals surface area contributed by atoms with E-state index in [9.17, 15) is 0 Å². The normalized spacial score (nSPS) is 18.3. The fourth-order valence-corrected chi connectivity index (χ4v) is 1.33. The summed E-state index contributed by atoms with van der Waals surface area (Å²) in [7, 11) is 0. The molecule has 0 amide bonds. The van der Waals surface area contributed by atoms with Crippen molar-refractivity contribution in [3.63, 3.8) is 0 Å². The molecule has 1 saturated carbocycles. The van der Waals surface area contributed by atoms with E-state index in [-0.39, 0.29) is 0 Å². The van der Waals surface area contributed by atoms with Crippen LogP contribution in [-0.4, -0.2) is 6.54 Å². The van der Waals surface area contributed by atoms with Gasteiger partial charge in [-0.05, 0) is 37.3 Å². The van der Waals surface area contributed by atoms with Gasteiger partial charge < -0.3 is 5.73 Å². The molecule has 1 heteroatoms. The smallest absolute Gasteiger partial charge is 0.0182 e. The molecule has 1 aliphatic rings. The predicted molar refractivity (Wildman–Crippen MR) is 43.7 cm³/mol. The van der Waals surface area contributed by atoms with Crippen LogP contribution in [0.15, 0.2) is 17.4 Å². The maximum Gasteiger partial charge on any atom is 0.0182 e. The van der Waals surface area contributed by atoms with Crippen LogP contribution >= 0.6 is 0 Å². The highest BCUT2D eigenvalue weighted by Gasteiger charge is 2.02. The van der Waals surface area contributed by atoms with Crippen molar-refractivity contribution in [3.8, 4) is 0 Å². The Balaban J connectivity index is 2.45. The number of hydrogen-bond acceptors (Lipinski definition) is 1. The van der Waals surface area contributed by atoms with E-state index in [4.69, 9.17) is 5.73 Å². The predicted octanol–water partition coefficient (Wildman–Crippen LogP) is 1.99. The fourth-order valence-electron chi connectivity index (χ4n) is 1.33. The zero-order valence-corrected chi connectivity index (χ0v) is 6.40. The summed E-state index contributed by atoms with van der Waals surface area (Å²) in [5.41, 5.74) is 10.0. The highest BCUT2D eigenvalue weighted by Crippen LogP contribution is 2.21. The van der Waals surface area contributed by atoms with Crippen LogP contribution in [0.2, 0.25) is 0 Å². The summed E-state index contributed by atoms with van der Waals surface area (Å²) in [6.07, 6.45) is 8.52. The molecule has 0 bridgehead atoms. The SMILES string of the molecule is NCC=C=C1CCCCC1. The average Bonchev–Trinajstić information content (AvgIpc) is 2.03. The average molecular weight is 137 g/mol. The third-order valence-electron chi connectivity index (χ3n) is 1.88. The Kier molecular flexibility index (Phi) is 3.28. The molecule has 0 saturated heterocycles. The molecule has 1 rings (SSSR count). The van der Waals surface area contributed by atoms with Crippen molar-refractivity contribution in [2.75, 3.05) is 6.54 Å². The molecule has 0 aromatic carbocycles. The lowest BCUT2D eigenvalue weighted by Crippen LogP contribution is -1.94. The van der Waals surface area contributed by atoms with E-state index in [0.717, 1.165) is 0 Å². The topological polar surface area (TPSA) is 26.0 Å². The minimum atomic E-state index is 0.628. The Hall–Kier alpha value is -0.520. The quantitative estimate of drug-likeness (QED) is 0.549. The molecule has 1 nitrogen and oxygen atoms in total. The van der Waals surface area contributed by atoms with Crippen molar-refractivity contribution in [1.29, 1.82) is 0 Å². The van der Waals surface area contributed by atoms with Crippen molar-refractivity contribution >= 4 is 0 Å². The monoisotopic (exact) mass is 137 g/mol. The van der Waals surface area contributed by atoms with Crippen LogP contribution in [0.25, 0.3) is 0 Å². The summed E-state index contributed by atoms with van der Waals surface area (Å²) in [5, 5.41) is 0. The Morgan fingerprint density at radius 2 is 2.00 bits per heavy atom. The number of nitrogens with two attached hydrogens (primary N) is 1. The molecule has 1 fully saturated rings. The third-order valence-corrected chi connectivity index (χ3v) is 1.88. The first-order chi connectivity index (χ1) is 4.93. The van der Waals surface area contributed by atoms with Crippen LogP contribution in [-0.2, 0) is 0 Å². The minimum absolute atomic E-state index is 0.628. The molecule has 56 valence electrons. The van der Waals surface area contributed by atoms with Gasteiger partial charge in [0, 0.05) is 6.54 Å². The van der Waals surface area contributed by atoms with Crippen molar-refractivity contribution < 1.29 is 0 Å².